The Morgan fingerprint density at radius 3 is 2.31 bits per heavy atom. The summed E-state index contributed by atoms with van der Waals surface area (Å²) >= 11 is 0. The molecule has 10 nitrogen and oxygen atoms in total. The molecule has 4 fully saturated rings. The van der Waals surface area contributed by atoms with Crippen LogP contribution in [0.5, 0.6) is 5.75 Å². The van der Waals surface area contributed by atoms with Crippen molar-refractivity contribution in [2.75, 3.05) is 39.4 Å². The Balaban J connectivity index is 1.09. The van der Waals surface area contributed by atoms with Crippen LogP contribution in [0, 0.1) is 23.7 Å². The van der Waals surface area contributed by atoms with Gasteiger partial charge in [0.2, 0.25) is 0 Å². The van der Waals surface area contributed by atoms with Crippen LogP contribution in [0.4, 0.5) is 17.6 Å². The molecule has 1 aromatic carbocycles. The zero-order chi connectivity index (χ0) is 38.2. The lowest BCUT2D eigenvalue weighted by molar-refractivity contribution is -0.138. The minimum atomic E-state index is -3.42. The Bertz CT molecular complexity index is 1800. The van der Waals surface area contributed by atoms with Crippen LogP contribution in [0.15, 0.2) is 30.6 Å². The number of aliphatic carboxylic acids is 1. The highest BCUT2D eigenvalue weighted by molar-refractivity contribution is 5.97. The van der Waals surface area contributed by atoms with E-state index in [2.05, 4.69) is 19.9 Å². The van der Waals surface area contributed by atoms with Crippen LogP contribution in [0.2, 0.25) is 0 Å². The number of piperidine rings is 1. The molecule has 54 heavy (non-hydrogen) atoms. The lowest BCUT2D eigenvalue weighted by atomic mass is 9.64. The van der Waals surface area contributed by atoms with E-state index in [1.165, 1.54) is 6.20 Å². The summed E-state index contributed by atoms with van der Waals surface area (Å²) in [6.07, 6.45) is 10.5. The van der Waals surface area contributed by atoms with E-state index >= 15 is 8.78 Å². The fraction of sp³-hybridized carbons (Fsp3) is 0.650. The predicted octanol–water partition coefficient (Wildman–Crippen LogP) is 7.71. The minimum Gasteiger partial charge on any atom is -0.490 e. The number of rotatable bonds is 12. The van der Waals surface area contributed by atoms with Gasteiger partial charge in [-0.1, -0.05) is 0 Å². The highest BCUT2D eigenvalue weighted by Crippen LogP contribution is 2.46. The largest absolute Gasteiger partial charge is 0.490 e. The Hall–Kier alpha value is -3.78. The van der Waals surface area contributed by atoms with Crippen molar-refractivity contribution in [1.82, 2.24) is 24.8 Å². The maximum atomic E-state index is 15.3. The second kappa shape index (κ2) is 15.8. The second-order valence-corrected chi connectivity index (χ2v) is 16.4. The Labute approximate surface area is 313 Å². The van der Waals surface area contributed by atoms with Gasteiger partial charge in [0.15, 0.2) is 5.82 Å². The summed E-state index contributed by atoms with van der Waals surface area (Å²) in [7, 11) is 0. The van der Waals surface area contributed by atoms with Crippen molar-refractivity contribution in [2.45, 2.75) is 102 Å². The fourth-order valence-corrected chi connectivity index (χ4v) is 9.57. The molecule has 2 saturated carbocycles. The number of carbonyl (C=O) groups excluding carboxylic acids is 1. The molecule has 4 aliphatic rings. The molecule has 2 unspecified atom stereocenters. The van der Waals surface area contributed by atoms with Gasteiger partial charge in [0.05, 0.1) is 17.6 Å². The summed E-state index contributed by atoms with van der Waals surface area (Å²) < 4.78 is 71.7. The summed E-state index contributed by atoms with van der Waals surface area (Å²) in [4.78, 5) is 35.4. The first-order valence-corrected chi connectivity index (χ1v) is 19.4. The first kappa shape index (κ1) is 38.5. The molecule has 7 rings (SSSR count). The van der Waals surface area contributed by atoms with Gasteiger partial charge in [-0.2, -0.15) is 8.78 Å². The molecular weight excluding hydrogens is 706 g/mol. The number of carboxylic acid groups (broad SMARTS) is 1. The van der Waals surface area contributed by atoms with E-state index in [0.29, 0.717) is 68.8 Å². The third-order valence-electron chi connectivity index (χ3n) is 11.8. The summed E-state index contributed by atoms with van der Waals surface area (Å²) in [5, 5.41) is 12.9. The van der Waals surface area contributed by atoms with Crippen LogP contribution < -0.4 is 10.1 Å². The molecule has 2 N–H and O–H groups in total. The fourth-order valence-electron chi connectivity index (χ4n) is 9.57. The number of hydrogen-bond acceptors (Lipinski definition) is 7. The standard InChI is InChI=1S/C40H51F4N5O5/c1-39(41,42)23-48-9-5-29(6-10-48)54-30-3-4-31-33(22-49(34(31)19-30)28-7-11-53-12-8-28)37-45-21-32(36(47-37)40(2,43)44)38(52)46-20-27-16-24-13-25(17-27)15-26(14-24)18-35(50)51/h3-4,19,21-22,24-29H,5-18,20,23H2,1-2H3,(H,46,52)(H,50,51). The van der Waals surface area contributed by atoms with E-state index in [1.54, 1.807) is 4.90 Å². The van der Waals surface area contributed by atoms with E-state index < -0.39 is 29.4 Å². The summed E-state index contributed by atoms with van der Waals surface area (Å²) in [6.45, 7) is 3.97. The van der Waals surface area contributed by atoms with E-state index in [0.717, 1.165) is 69.7 Å². The van der Waals surface area contributed by atoms with Crippen molar-refractivity contribution in [3.63, 3.8) is 0 Å². The SMILES string of the molecule is CC(F)(F)CN1CCC(Oc2ccc3c(-c4ncc(C(=O)NCC5CC6CC(CC(=O)O)CC(C5)C6)c(C(C)(F)F)n4)cn(C4CCOCC4)c3c2)CC1. The van der Waals surface area contributed by atoms with Crippen LogP contribution in [0.1, 0.15) is 100 Å². The number of nitrogens with zero attached hydrogens (tertiary/aromatic N) is 4. The van der Waals surface area contributed by atoms with E-state index in [-0.39, 0.29) is 48.3 Å². The third-order valence-corrected chi connectivity index (χ3v) is 11.8. The first-order valence-electron chi connectivity index (χ1n) is 19.4. The number of hydrogen-bond donors (Lipinski definition) is 2. The number of alkyl halides is 4. The second-order valence-electron chi connectivity index (χ2n) is 16.4. The average molecular weight is 758 g/mol. The molecule has 294 valence electrons. The zero-order valence-corrected chi connectivity index (χ0v) is 31.0. The van der Waals surface area contributed by atoms with Crippen LogP contribution in [0.25, 0.3) is 22.3 Å². The highest BCUT2D eigenvalue weighted by atomic mass is 19.3. The number of likely N-dealkylation sites (tertiary alicyclic amines) is 1. The van der Waals surface area contributed by atoms with Gasteiger partial charge in [0.25, 0.3) is 17.8 Å². The molecule has 1 amide bonds. The van der Waals surface area contributed by atoms with E-state index in [9.17, 15) is 23.5 Å². The molecule has 2 aliphatic heterocycles. The molecule has 2 saturated heterocycles. The van der Waals surface area contributed by atoms with Crippen molar-refractivity contribution in [3.05, 3.63) is 41.9 Å². The quantitative estimate of drug-likeness (QED) is 0.181. The summed E-state index contributed by atoms with van der Waals surface area (Å²) in [5.74, 6) is -5.64. The molecule has 2 bridgehead atoms. The molecule has 14 heteroatoms. The van der Waals surface area contributed by atoms with Crippen molar-refractivity contribution in [2.24, 2.45) is 23.7 Å². The molecular formula is C40H51F4N5O5. The summed E-state index contributed by atoms with van der Waals surface area (Å²) in [5.41, 5.74) is 0.492. The maximum absolute atomic E-state index is 15.3. The molecule has 0 radical (unpaired) electrons. The smallest absolute Gasteiger partial charge is 0.303 e. The van der Waals surface area contributed by atoms with Gasteiger partial charge in [-0.3, -0.25) is 14.5 Å². The van der Waals surface area contributed by atoms with Crippen LogP contribution in [0.3, 0.4) is 0 Å². The molecule has 4 heterocycles. The predicted molar refractivity (Wildman–Crippen MR) is 194 cm³/mol. The van der Waals surface area contributed by atoms with E-state index in [1.807, 2.05) is 24.4 Å². The molecule has 3 aromatic rings. The van der Waals surface area contributed by atoms with Gasteiger partial charge in [0.1, 0.15) is 17.5 Å². The normalized spacial score (nSPS) is 24.8. The lowest BCUT2D eigenvalue weighted by Gasteiger charge is -2.42. The highest BCUT2D eigenvalue weighted by Gasteiger charge is 2.38. The van der Waals surface area contributed by atoms with Gasteiger partial charge in [0, 0.05) is 88.6 Å². The Kier molecular flexibility index (Phi) is 11.2. The number of amides is 1. The van der Waals surface area contributed by atoms with Crippen LogP contribution in [-0.4, -0.2) is 87.8 Å². The van der Waals surface area contributed by atoms with E-state index in [4.69, 9.17) is 9.47 Å². The van der Waals surface area contributed by atoms with Gasteiger partial charge in [-0.25, -0.2) is 18.7 Å². The number of carbonyl (C=O) groups is 2. The van der Waals surface area contributed by atoms with Crippen molar-refractivity contribution in [1.29, 1.82) is 0 Å². The van der Waals surface area contributed by atoms with Crippen molar-refractivity contribution >= 4 is 22.8 Å². The number of benzene rings is 1. The number of halogens is 4. The lowest BCUT2D eigenvalue weighted by Crippen LogP contribution is -2.43. The number of nitrogens with one attached hydrogen (secondary N) is 1. The minimum absolute atomic E-state index is 0.0867. The molecule has 0 spiro atoms. The van der Waals surface area contributed by atoms with Gasteiger partial charge < -0.3 is 24.5 Å². The van der Waals surface area contributed by atoms with Gasteiger partial charge in [-0.15, -0.1) is 0 Å². The Morgan fingerprint density at radius 1 is 0.981 bits per heavy atom. The van der Waals surface area contributed by atoms with Crippen LogP contribution >= 0.6 is 0 Å². The topological polar surface area (TPSA) is 119 Å². The number of ether oxygens (including phenoxy) is 2. The summed E-state index contributed by atoms with van der Waals surface area (Å²) in [6, 6.07) is 5.72. The number of aromatic nitrogens is 3. The molecule has 2 aromatic heterocycles. The monoisotopic (exact) mass is 757 g/mol. The number of carboxylic acids is 1. The van der Waals surface area contributed by atoms with Gasteiger partial charge >= 0.3 is 5.97 Å². The average Bonchev–Trinajstić information content (AvgIpc) is 3.49. The van der Waals surface area contributed by atoms with Crippen molar-refractivity contribution < 1.29 is 41.7 Å². The zero-order valence-electron chi connectivity index (χ0n) is 31.0. The number of fused-ring (bicyclic) bond motifs is 3. The van der Waals surface area contributed by atoms with Crippen molar-refractivity contribution in [3.8, 4) is 17.1 Å². The molecule has 2 atom stereocenters. The maximum Gasteiger partial charge on any atom is 0.303 e. The third kappa shape index (κ3) is 9.18. The molecule has 2 aliphatic carbocycles. The van der Waals surface area contributed by atoms with Gasteiger partial charge in [-0.05, 0) is 93.6 Å². The Morgan fingerprint density at radius 2 is 1.67 bits per heavy atom. The van der Waals surface area contributed by atoms with Crippen LogP contribution in [-0.2, 0) is 15.5 Å². The first-order chi connectivity index (χ1) is 25.7.